The maximum absolute atomic E-state index is 13.1. The SMILES string of the molecule is COc1ccccc1CC(=O)OCC(=O)c1cc(C)n(CCc2ccc(F)cc2)c1C. The largest absolute Gasteiger partial charge is 0.496 e. The fourth-order valence-electron chi connectivity index (χ4n) is 3.60. The molecule has 1 heterocycles. The molecule has 0 aliphatic rings. The van der Waals surface area contributed by atoms with Crippen molar-refractivity contribution in [3.8, 4) is 5.75 Å². The lowest BCUT2D eigenvalue weighted by molar-refractivity contribution is -0.141. The summed E-state index contributed by atoms with van der Waals surface area (Å²) in [5.74, 6) is -0.377. The first kappa shape index (κ1) is 22.3. The molecule has 0 saturated heterocycles. The lowest BCUT2D eigenvalue weighted by Crippen LogP contribution is -2.16. The van der Waals surface area contributed by atoms with E-state index in [1.807, 2.05) is 36.6 Å². The minimum Gasteiger partial charge on any atom is -0.496 e. The Morgan fingerprint density at radius 1 is 1.03 bits per heavy atom. The molecule has 0 aliphatic carbocycles. The number of ketones is 1. The Hall–Kier alpha value is -3.41. The van der Waals surface area contributed by atoms with Gasteiger partial charge in [-0.25, -0.2) is 4.39 Å². The molecule has 162 valence electrons. The Balaban J connectivity index is 1.59. The van der Waals surface area contributed by atoms with Crippen molar-refractivity contribution in [1.29, 1.82) is 0 Å². The van der Waals surface area contributed by atoms with Crippen LogP contribution >= 0.6 is 0 Å². The van der Waals surface area contributed by atoms with Crippen LogP contribution in [0.5, 0.6) is 5.75 Å². The minimum atomic E-state index is -0.483. The van der Waals surface area contributed by atoms with Crippen molar-refractivity contribution >= 4 is 11.8 Å². The molecule has 0 aliphatic heterocycles. The number of aromatic nitrogens is 1. The van der Waals surface area contributed by atoms with Gasteiger partial charge in [0.25, 0.3) is 0 Å². The highest BCUT2D eigenvalue weighted by Gasteiger charge is 2.18. The monoisotopic (exact) mass is 423 g/mol. The van der Waals surface area contributed by atoms with E-state index in [4.69, 9.17) is 9.47 Å². The van der Waals surface area contributed by atoms with Gasteiger partial charge in [-0.1, -0.05) is 30.3 Å². The van der Waals surface area contributed by atoms with Crippen molar-refractivity contribution in [2.24, 2.45) is 0 Å². The molecule has 0 spiro atoms. The molecule has 0 saturated carbocycles. The topological polar surface area (TPSA) is 57.5 Å². The molecule has 5 nitrogen and oxygen atoms in total. The van der Waals surface area contributed by atoms with Crippen LogP contribution in [0.15, 0.2) is 54.6 Å². The predicted molar refractivity (Wildman–Crippen MR) is 116 cm³/mol. The molecule has 0 unspecified atom stereocenters. The van der Waals surface area contributed by atoms with Crippen LogP contribution in [0.1, 0.15) is 32.9 Å². The van der Waals surface area contributed by atoms with Crippen LogP contribution in [-0.4, -0.2) is 30.0 Å². The first-order valence-corrected chi connectivity index (χ1v) is 10.1. The molecule has 0 bridgehead atoms. The van der Waals surface area contributed by atoms with Gasteiger partial charge in [-0.3, -0.25) is 9.59 Å². The summed E-state index contributed by atoms with van der Waals surface area (Å²) in [5, 5.41) is 0. The van der Waals surface area contributed by atoms with Crippen molar-refractivity contribution in [2.45, 2.75) is 33.2 Å². The summed E-state index contributed by atoms with van der Waals surface area (Å²) in [6.07, 6.45) is 0.756. The van der Waals surface area contributed by atoms with E-state index in [0.29, 0.717) is 23.4 Å². The Kier molecular flexibility index (Phi) is 7.23. The predicted octanol–water partition coefficient (Wildman–Crippen LogP) is 4.46. The molecular weight excluding hydrogens is 397 g/mol. The van der Waals surface area contributed by atoms with Crippen molar-refractivity contribution < 1.29 is 23.5 Å². The normalized spacial score (nSPS) is 10.7. The van der Waals surface area contributed by atoms with E-state index < -0.39 is 5.97 Å². The second-order valence-corrected chi connectivity index (χ2v) is 7.39. The average Bonchev–Trinajstić information content (AvgIpc) is 3.05. The van der Waals surface area contributed by atoms with Crippen LogP contribution in [0.4, 0.5) is 4.39 Å². The Labute approximate surface area is 181 Å². The summed E-state index contributed by atoms with van der Waals surface area (Å²) in [6, 6.07) is 15.4. The molecule has 2 aromatic carbocycles. The Bertz CT molecular complexity index is 1070. The number of rotatable bonds is 9. The van der Waals surface area contributed by atoms with Crippen molar-refractivity contribution in [3.05, 3.63) is 88.5 Å². The summed E-state index contributed by atoms with van der Waals surface area (Å²) in [6.45, 7) is 4.17. The maximum Gasteiger partial charge on any atom is 0.310 e. The molecule has 31 heavy (non-hydrogen) atoms. The van der Waals surface area contributed by atoms with E-state index in [0.717, 1.165) is 23.4 Å². The van der Waals surface area contributed by atoms with Gasteiger partial charge in [-0.2, -0.15) is 0 Å². The summed E-state index contributed by atoms with van der Waals surface area (Å²) in [7, 11) is 1.54. The van der Waals surface area contributed by atoms with Gasteiger partial charge < -0.3 is 14.0 Å². The third-order valence-electron chi connectivity index (χ3n) is 5.30. The highest BCUT2D eigenvalue weighted by molar-refractivity contribution is 5.99. The molecule has 1 aromatic heterocycles. The van der Waals surface area contributed by atoms with Crippen LogP contribution in [0.2, 0.25) is 0 Å². The lowest BCUT2D eigenvalue weighted by atomic mass is 10.1. The van der Waals surface area contributed by atoms with Crippen LogP contribution in [-0.2, 0) is 28.9 Å². The zero-order valence-electron chi connectivity index (χ0n) is 18.0. The van der Waals surface area contributed by atoms with E-state index >= 15 is 0 Å². The molecule has 0 radical (unpaired) electrons. The third-order valence-corrected chi connectivity index (χ3v) is 5.30. The van der Waals surface area contributed by atoms with Gasteiger partial charge in [-0.05, 0) is 50.1 Å². The number of esters is 1. The number of methoxy groups -OCH3 is 1. The summed E-state index contributed by atoms with van der Waals surface area (Å²) >= 11 is 0. The quantitative estimate of drug-likeness (QED) is 0.377. The lowest BCUT2D eigenvalue weighted by Gasteiger charge is -2.10. The molecule has 0 atom stereocenters. The van der Waals surface area contributed by atoms with Crippen LogP contribution in [0.3, 0.4) is 0 Å². The zero-order chi connectivity index (χ0) is 22.4. The average molecular weight is 423 g/mol. The molecule has 0 amide bonds. The maximum atomic E-state index is 13.1. The zero-order valence-corrected chi connectivity index (χ0v) is 18.0. The number of aryl methyl sites for hydroxylation is 2. The van der Waals surface area contributed by atoms with Gasteiger partial charge in [0.05, 0.1) is 13.5 Å². The van der Waals surface area contributed by atoms with E-state index in [1.54, 1.807) is 31.4 Å². The first-order chi connectivity index (χ1) is 14.9. The van der Waals surface area contributed by atoms with Crippen LogP contribution in [0, 0.1) is 19.7 Å². The van der Waals surface area contributed by atoms with Gasteiger partial charge >= 0.3 is 5.97 Å². The number of carbonyl (C=O) groups is 2. The Morgan fingerprint density at radius 3 is 2.45 bits per heavy atom. The first-order valence-electron chi connectivity index (χ1n) is 10.1. The molecule has 0 N–H and O–H groups in total. The highest BCUT2D eigenvalue weighted by atomic mass is 19.1. The summed E-state index contributed by atoms with van der Waals surface area (Å²) < 4.78 is 25.6. The second kappa shape index (κ2) is 10.1. The standard InChI is InChI=1S/C25H26FNO4/c1-17-14-22(18(2)27(17)13-12-19-8-10-21(26)11-9-19)23(28)16-31-25(29)15-20-6-4-5-7-24(20)30-3/h4-11,14H,12-13,15-16H2,1-3H3. The van der Waals surface area contributed by atoms with E-state index in [-0.39, 0.29) is 24.6 Å². The molecule has 0 fully saturated rings. The number of carbonyl (C=O) groups excluding carboxylic acids is 2. The number of Topliss-reactive ketones (excluding diaryl/α,β-unsaturated/α-hetero) is 1. The third kappa shape index (κ3) is 5.60. The van der Waals surface area contributed by atoms with Gasteiger partial charge in [0, 0.05) is 29.1 Å². The minimum absolute atomic E-state index is 0.0357. The highest BCUT2D eigenvalue weighted by Crippen LogP contribution is 2.19. The van der Waals surface area contributed by atoms with Gasteiger partial charge in [0.15, 0.2) is 6.61 Å². The van der Waals surface area contributed by atoms with Gasteiger partial charge in [-0.15, -0.1) is 0 Å². The fourth-order valence-corrected chi connectivity index (χ4v) is 3.60. The fraction of sp³-hybridized carbons (Fsp3) is 0.280. The molecule has 3 aromatic rings. The number of hydrogen-bond acceptors (Lipinski definition) is 4. The summed E-state index contributed by atoms with van der Waals surface area (Å²) in [4.78, 5) is 24.9. The molecule has 3 rings (SSSR count). The van der Waals surface area contributed by atoms with E-state index in [9.17, 15) is 14.0 Å². The second-order valence-electron chi connectivity index (χ2n) is 7.39. The number of nitrogens with zero attached hydrogens (tertiary/aromatic N) is 1. The number of ether oxygens (including phenoxy) is 2. The number of para-hydroxylation sites is 1. The molecule has 6 heteroatoms. The van der Waals surface area contributed by atoms with Crippen molar-refractivity contribution in [3.63, 3.8) is 0 Å². The van der Waals surface area contributed by atoms with E-state index in [2.05, 4.69) is 0 Å². The Morgan fingerprint density at radius 2 is 1.74 bits per heavy atom. The van der Waals surface area contributed by atoms with Crippen molar-refractivity contribution in [1.82, 2.24) is 4.57 Å². The van der Waals surface area contributed by atoms with E-state index in [1.165, 1.54) is 12.1 Å². The number of benzene rings is 2. The summed E-state index contributed by atoms with van der Waals surface area (Å²) in [5.41, 5.74) is 4.05. The smallest absolute Gasteiger partial charge is 0.310 e. The van der Waals surface area contributed by atoms with Crippen molar-refractivity contribution in [2.75, 3.05) is 13.7 Å². The number of halogens is 1. The number of hydrogen-bond donors (Lipinski definition) is 0. The van der Waals surface area contributed by atoms with Gasteiger partial charge in [0.1, 0.15) is 11.6 Å². The molecular formula is C25H26FNO4. The van der Waals surface area contributed by atoms with Crippen LogP contribution < -0.4 is 4.74 Å². The van der Waals surface area contributed by atoms with Gasteiger partial charge in [0.2, 0.25) is 5.78 Å². The van der Waals surface area contributed by atoms with Crippen LogP contribution in [0.25, 0.3) is 0 Å².